The number of hydrogen-bond donors (Lipinski definition) is 2. The van der Waals surface area contributed by atoms with Crippen molar-refractivity contribution >= 4 is 5.91 Å². The van der Waals surface area contributed by atoms with Crippen LogP contribution in [0.25, 0.3) is 0 Å². The summed E-state index contributed by atoms with van der Waals surface area (Å²) in [6.07, 6.45) is 2.58. The average molecular weight is 255 g/mol. The van der Waals surface area contributed by atoms with E-state index in [0.717, 1.165) is 6.54 Å². The van der Waals surface area contributed by atoms with Crippen molar-refractivity contribution in [2.75, 3.05) is 39.9 Å². The first-order valence-electron chi connectivity index (χ1n) is 6.98. The van der Waals surface area contributed by atoms with Crippen molar-refractivity contribution in [2.24, 2.45) is 5.92 Å². The maximum Gasteiger partial charge on any atom is 0.227 e. The highest BCUT2D eigenvalue weighted by Gasteiger charge is 2.33. The Hall–Kier alpha value is -0.650. The molecule has 3 atom stereocenters. The lowest BCUT2D eigenvalue weighted by Gasteiger charge is -2.23. The molecule has 1 amide bonds. The van der Waals surface area contributed by atoms with Crippen molar-refractivity contribution in [3.63, 3.8) is 0 Å². The molecule has 104 valence electrons. The summed E-state index contributed by atoms with van der Waals surface area (Å²) in [4.78, 5) is 14.6. The van der Waals surface area contributed by atoms with Gasteiger partial charge >= 0.3 is 0 Å². The summed E-state index contributed by atoms with van der Waals surface area (Å²) < 4.78 is 5.36. The summed E-state index contributed by atoms with van der Waals surface area (Å²) in [5.74, 6) is 0.0783. The van der Waals surface area contributed by atoms with Gasteiger partial charge in [-0.25, -0.2) is 0 Å². The standard InChI is InChI=1S/C13H25N3O2/c1-10(7-16-5-3-4-6-16)15-13(17)11-8-18-9-12(11)14-2/h10-12,14H,3-9H2,1-2H3,(H,15,17). The number of carbonyl (C=O) groups excluding carboxylic acids is 1. The number of hydrogen-bond acceptors (Lipinski definition) is 4. The van der Waals surface area contributed by atoms with Gasteiger partial charge in [0, 0.05) is 18.6 Å². The molecule has 0 saturated carbocycles. The molecule has 2 rings (SSSR count). The molecule has 2 heterocycles. The van der Waals surface area contributed by atoms with Gasteiger partial charge in [0.25, 0.3) is 0 Å². The first-order chi connectivity index (χ1) is 8.70. The molecule has 0 radical (unpaired) electrons. The molecule has 0 spiro atoms. The van der Waals surface area contributed by atoms with Gasteiger partial charge in [0.15, 0.2) is 0 Å². The third-order valence-electron chi connectivity index (χ3n) is 3.91. The van der Waals surface area contributed by atoms with Crippen LogP contribution in [-0.2, 0) is 9.53 Å². The Kier molecular flexibility index (Phi) is 4.97. The van der Waals surface area contributed by atoms with Crippen LogP contribution in [0.5, 0.6) is 0 Å². The fraction of sp³-hybridized carbons (Fsp3) is 0.923. The largest absolute Gasteiger partial charge is 0.379 e. The molecule has 2 aliphatic rings. The van der Waals surface area contributed by atoms with E-state index in [2.05, 4.69) is 22.5 Å². The SMILES string of the molecule is CNC1COCC1C(=O)NC(C)CN1CCCC1. The number of likely N-dealkylation sites (N-methyl/N-ethyl adjacent to an activating group) is 1. The van der Waals surface area contributed by atoms with Crippen molar-refractivity contribution < 1.29 is 9.53 Å². The summed E-state index contributed by atoms with van der Waals surface area (Å²) in [5, 5.41) is 6.26. The lowest BCUT2D eigenvalue weighted by molar-refractivity contribution is -0.126. The van der Waals surface area contributed by atoms with E-state index in [4.69, 9.17) is 4.74 Å². The number of likely N-dealkylation sites (tertiary alicyclic amines) is 1. The monoisotopic (exact) mass is 255 g/mol. The Balaban J connectivity index is 1.75. The summed E-state index contributed by atoms with van der Waals surface area (Å²) in [5.41, 5.74) is 0. The minimum atomic E-state index is -0.0453. The molecule has 0 aliphatic carbocycles. The van der Waals surface area contributed by atoms with Crippen molar-refractivity contribution in [1.82, 2.24) is 15.5 Å². The summed E-state index contributed by atoms with van der Waals surface area (Å²) in [6, 6.07) is 0.373. The lowest BCUT2D eigenvalue weighted by atomic mass is 10.0. The molecule has 0 aromatic heterocycles. The first kappa shape index (κ1) is 13.8. The third-order valence-corrected chi connectivity index (χ3v) is 3.91. The van der Waals surface area contributed by atoms with Crippen LogP contribution < -0.4 is 10.6 Å². The van der Waals surface area contributed by atoms with E-state index in [1.165, 1.54) is 25.9 Å². The fourth-order valence-corrected chi connectivity index (χ4v) is 2.85. The highest BCUT2D eigenvalue weighted by atomic mass is 16.5. The summed E-state index contributed by atoms with van der Waals surface area (Å²) in [7, 11) is 1.88. The van der Waals surface area contributed by atoms with Crippen molar-refractivity contribution in [3.8, 4) is 0 Å². The molecular weight excluding hydrogens is 230 g/mol. The smallest absolute Gasteiger partial charge is 0.227 e. The minimum Gasteiger partial charge on any atom is -0.379 e. The molecule has 2 aliphatic heterocycles. The topological polar surface area (TPSA) is 53.6 Å². The number of ether oxygens (including phenoxy) is 1. The van der Waals surface area contributed by atoms with Gasteiger partial charge in [0.1, 0.15) is 0 Å². The molecule has 0 aromatic rings. The quantitative estimate of drug-likeness (QED) is 0.716. The Morgan fingerprint density at radius 2 is 2.11 bits per heavy atom. The molecule has 2 N–H and O–H groups in total. The van der Waals surface area contributed by atoms with E-state index in [1.54, 1.807) is 0 Å². The zero-order valence-corrected chi connectivity index (χ0v) is 11.4. The third kappa shape index (κ3) is 3.43. The van der Waals surface area contributed by atoms with E-state index in [-0.39, 0.29) is 23.9 Å². The van der Waals surface area contributed by atoms with Gasteiger partial charge in [-0.05, 0) is 39.9 Å². The normalized spacial score (nSPS) is 30.6. The van der Waals surface area contributed by atoms with Crippen molar-refractivity contribution in [1.29, 1.82) is 0 Å². The van der Waals surface area contributed by atoms with Gasteiger partial charge in [0.2, 0.25) is 5.91 Å². The molecular formula is C13H25N3O2. The van der Waals surface area contributed by atoms with E-state index >= 15 is 0 Å². The minimum absolute atomic E-state index is 0.0453. The van der Waals surface area contributed by atoms with Crippen LogP contribution in [0, 0.1) is 5.92 Å². The van der Waals surface area contributed by atoms with E-state index in [0.29, 0.717) is 13.2 Å². The number of nitrogens with one attached hydrogen (secondary N) is 2. The van der Waals surface area contributed by atoms with Crippen LogP contribution >= 0.6 is 0 Å². The fourth-order valence-electron chi connectivity index (χ4n) is 2.85. The van der Waals surface area contributed by atoms with E-state index in [1.807, 2.05) is 7.05 Å². The number of rotatable bonds is 5. The van der Waals surface area contributed by atoms with Crippen LogP contribution in [0.2, 0.25) is 0 Å². The van der Waals surface area contributed by atoms with E-state index < -0.39 is 0 Å². The second kappa shape index (κ2) is 6.50. The van der Waals surface area contributed by atoms with Crippen LogP contribution in [-0.4, -0.2) is 62.8 Å². The Morgan fingerprint density at radius 3 is 2.78 bits per heavy atom. The van der Waals surface area contributed by atoms with Crippen molar-refractivity contribution in [3.05, 3.63) is 0 Å². The van der Waals surface area contributed by atoms with Crippen LogP contribution in [0.1, 0.15) is 19.8 Å². The molecule has 18 heavy (non-hydrogen) atoms. The number of nitrogens with zero attached hydrogens (tertiary/aromatic N) is 1. The maximum absolute atomic E-state index is 12.1. The average Bonchev–Trinajstić information content (AvgIpc) is 2.97. The zero-order valence-electron chi connectivity index (χ0n) is 11.4. The van der Waals surface area contributed by atoms with Crippen LogP contribution in [0.15, 0.2) is 0 Å². The Bertz CT molecular complexity index is 279. The summed E-state index contributed by atoms with van der Waals surface area (Å²) >= 11 is 0. The molecule has 5 heteroatoms. The zero-order chi connectivity index (χ0) is 13.0. The maximum atomic E-state index is 12.1. The summed E-state index contributed by atoms with van der Waals surface area (Å²) in [6.45, 7) is 6.56. The molecule has 5 nitrogen and oxygen atoms in total. The Morgan fingerprint density at radius 1 is 1.39 bits per heavy atom. The van der Waals surface area contributed by atoms with Crippen LogP contribution in [0.3, 0.4) is 0 Å². The van der Waals surface area contributed by atoms with Crippen LogP contribution in [0.4, 0.5) is 0 Å². The van der Waals surface area contributed by atoms with Gasteiger partial charge in [0.05, 0.1) is 19.1 Å². The van der Waals surface area contributed by atoms with E-state index in [9.17, 15) is 4.79 Å². The van der Waals surface area contributed by atoms with Gasteiger partial charge < -0.3 is 20.3 Å². The predicted octanol–water partition coefficient (Wildman–Crippen LogP) is -0.179. The highest BCUT2D eigenvalue weighted by Crippen LogP contribution is 2.14. The van der Waals surface area contributed by atoms with Gasteiger partial charge in [-0.2, -0.15) is 0 Å². The second-order valence-electron chi connectivity index (χ2n) is 5.46. The highest BCUT2D eigenvalue weighted by molar-refractivity contribution is 5.80. The first-order valence-corrected chi connectivity index (χ1v) is 6.98. The Labute approximate surface area is 109 Å². The number of amides is 1. The lowest BCUT2D eigenvalue weighted by Crippen LogP contribution is -2.48. The molecule has 0 aromatic carbocycles. The molecule has 2 saturated heterocycles. The number of carbonyl (C=O) groups is 1. The predicted molar refractivity (Wildman–Crippen MR) is 70.4 cm³/mol. The van der Waals surface area contributed by atoms with Gasteiger partial charge in [-0.3, -0.25) is 4.79 Å². The molecule has 0 bridgehead atoms. The van der Waals surface area contributed by atoms with Crippen molar-refractivity contribution in [2.45, 2.75) is 31.8 Å². The second-order valence-corrected chi connectivity index (χ2v) is 5.46. The van der Waals surface area contributed by atoms with Gasteiger partial charge in [-0.15, -0.1) is 0 Å². The molecule has 2 fully saturated rings. The molecule has 3 unspecified atom stereocenters. The van der Waals surface area contributed by atoms with Gasteiger partial charge in [-0.1, -0.05) is 0 Å².